The van der Waals surface area contributed by atoms with Gasteiger partial charge in [0.15, 0.2) is 6.61 Å². The average Bonchev–Trinajstić information content (AvgIpc) is 3.17. The van der Waals surface area contributed by atoms with Gasteiger partial charge in [-0.05, 0) is 42.7 Å². The van der Waals surface area contributed by atoms with Crippen molar-refractivity contribution in [2.45, 2.75) is 26.2 Å². The van der Waals surface area contributed by atoms with Crippen molar-refractivity contribution < 1.29 is 14.3 Å². The molecule has 162 valence electrons. The molecule has 3 aromatic rings. The lowest BCUT2D eigenvalue weighted by molar-refractivity contribution is -0.118. The second-order valence-corrected chi connectivity index (χ2v) is 7.41. The van der Waals surface area contributed by atoms with Crippen molar-refractivity contribution in [3.63, 3.8) is 0 Å². The molecule has 32 heavy (non-hydrogen) atoms. The summed E-state index contributed by atoms with van der Waals surface area (Å²) in [6.07, 6.45) is 0.817. The number of ether oxygens (including phenoxy) is 2. The molecule has 4 rings (SSSR count). The van der Waals surface area contributed by atoms with Crippen LogP contribution in [-0.4, -0.2) is 22.7 Å². The third-order valence-electron chi connectivity index (χ3n) is 5.36. The molecule has 2 aromatic carbocycles. The molecule has 1 aliphatic rings. The quantitative estimate of drug-likeness (QED) is 0.550. The van der Waals surface area contributed by atoms with Gasteiger partial charge in [-0.15, -0.1) is 5.10 Å². The van der Waals surface area contributed by atoms with Crippen molar-refractivity contribution in [3.8, 4) is 17.7 Å². The summed E-state index contributed by atoms with van der Waals surface area (Å²) in [5.41, 5.74) is 10.4. The maximum atomic E-state index is 12.4. The number of benzene rings is 2. The number of amides is 1. The fraction of sp³-hybridized carbons (Fsp3) is 0.208. The number of hydrogen-bond donors (Lipinski definition) is 3. The maximum absolute atomic E-state index is 12.4. The Hall–Kier alpha value is -4.25. The Morgan fingerprint density at radius 3 is 2.91 bits per heavy atom. The molecular weight excluding hydrogens is 406 g/mol. The predicted molar refractivity (Wildman–Crippen MR) is 119 cm³/mol. The van der Waals surface area contributed by atoms with Crippen LogP contribution in [0.25, 0.3) is 0 Å². The summed E-state index contributed by atoms with van der Waals surface area (Å²) in [5.74, 6) is 0.182. The van der Waals surface area contributed by atoms with E-state index in [1.54, 1.807) is 12.1 Å². The van der Waals surface area contributed by atoms with Crippen LogP contribution in [0.1, 0.15) is 35.2 Å². The van der Waals surface area contributed by atoms with Crippen LogP contribution in [0.15, 0.2) is 60.0 Å². The van der Waals surface area contributed by atoms with Crippen molar-refractivity contribution in [2.24, 2.45) is 5.73 Å². The summed E-state index contributed by atoms with van der Waals surface area (Å²) in [5, 5.41) is 19.6. The first-order valence-corrected chi connectivity index (χ1v) is 10.2. The number of fused-ring (bicyclic) bond motifs is 1. The summed E-state index contributed by atoms with van der Waals surface area (Å²) < 4.78 is 11.2. The molecular formula is C24H23N5O3. The number of nitrogens with two attached hydrogens (primary N) is 1. The van der Waals surface area contributed by atoms with E-state index in [1.165, 1.54) is 0 Å². The van der Waals surface area contributed by atoms with E-state index in [9.17, 15) is 10.1 Å². The van der Waals surface area contributed by atoms with Crippen LogP contribution < -0.4 is 20.5 Å². The number of rotatable bonds is 6. The normalized spacial score (nSPS) is 14.8. The zero-order valence-corrected chi connectivity index (χ0v) is 17.8. The number of carbonyl (C=O) groups excluding carboxylic acids is 1. The first-order chi connectivity index (χ1) is 15.5. The highest BCUT2D eigenvalue weighted by Gasteiger charge is 2.34. The molecule has 1 aliphatic heterocycles. The molecule has 1 aromatic heterocycles. The van der Waals surface area contributed by atoms with Crippen LogP contribution >= 0.6 is 0 Å². The number of carbonyl (C=O) groups is 1. The molecule has 2 heterocycles. The van der Waals surface area contributed by atoms with E-state index in [1.807, 2.05) is 50.2 Å². The van der Waals surface area contributed by atoms with Gasteiger partial charge < -0.3 is 20.5 Å². The van der Waals surface area contributed by atoms with Gasteiger partial charge in [-0.1, -0.05) is 37.3 Å². The molecule has 1 atom stereocenters. The van der Waals surface area contributed by atoms with Gasteiger partial charge in [-0.25, -0.2) is 0 Å². The summed E-state index contributed by atoms with van der Waals surface area (Å²) in [6, 6.07) is 17.1. The highest BCUT2D eigenvalue weighted by atomic mass is 16.5. The standard InChI is InChI=1S/C24H23N5O3/c1-3-15-7-4-5-10-19(15)27-20(30)13-31-17-9-6-8-16(11-17)22-18(12-25)23(26)32-24-21(22)14(2)28-29-24/h4-11,22H,3,13,26H2,1-2H3,(H,27,30)(H,28,29). The van der Waals surface area contributed by atoms with Crippen molar-refractivity contribution in [3.05, 3.63) is 82.4 Å². The van der Waals surface area contributed by atoms with Gasteiger partial charge in [0.05, 0.1) is 5.92 Å². The molecule has 4 N–H and O–H groups in total. The summed E-state index contributed by atoms with van der Waals surface area (Å²) in [7, 11) is 0. The van der Waals surface area contributed by atoms with E-state index < -0.39 is 5.92 Å². The smallest absolute Gasteiger partial charge is 0.262 e. The average molecular weight is 429 g/mol. The Balaban J connectivity index is 1.54. The fourth-order valence-electron chi connectivity index (χ4n) is 3.80. The van der Waals surface area contributed by atoms with Gasteiger partial charge >= 0.3 is 0 Å². The second-order valence-electron chi connectivity index (χ2n) is 7.41. The molecule has 8 heteroatoms. The van der Waals surface area contributed by atoms with Crippen molar-refractivity contribution in [1.82, 2.24) is 10.2 Å². The molecule has 0 spiro atoms. The van der Waals surface area contributed by atoms with Gasteiger partial charge in [0.2, 0.25) is 11.8 Å². The van der Waals surface area contributed by atoms with Crippen molar-refractivity contribution in [1.29, 1.82) is 5.26 Å². The van der Waals surface area contributed by atoms with Gasteiger partial charge in [0, 0.05) is 16.9 Å². The lowest BCUT2D eigenvalue weighted by Gasteiger charge is -2.24. The predicted octanol–water partition coefficient (Wildman–Crippen LogP) is 3.52. The highest BCUT2D eigenvalue weighted by molar-refractivity contribution is 5.92. The number of nitrogens with zero attached hydrogens (tertiary/aromatic N) is 2. The second kappa shape index (κ2) is 8.86. The van der Waals surface area contributed by atoms with Crippen LogP contribution in [0, 0.1) is 18.3 Å². The third kappa shape index (κ3) is 4.01. The van der Waals surface area contributed by atoms with Crippen LogP contribution in [0.3, 0.4) is 0 Å². The molecule has 0 saturated heterocycles. The maximum Gasteiger partial charge on any atom is 0.262 e. The minimum atomic E-state index is -0.448. The van der Waals surface area contributed by atoms with E-state index in [4.69, 9.17) is 15.2 Å². The zero-order chi connectivity index (χ0) is 22.7. The summed E-state index contributed by atoms with van der Waals surface area (Å²) in [4.78, 5) is 12.4. The van der Waals surface area contributed by atoms with E-state index in [0.717, 1.165) is 34.5 Å². The Morgan fingerprint density at radius 2 is 2.12 bits per heavy atom. The molecule has 1 unspecified atom stereocenters. The Bertz CT molecular complexity index is 1240. The Kier molecular flexibility index (Phi) is 5.81. The van der Waals surface area contributed by atoms with E-state index in [2.05, 4.69) is 21.6 Å². The van der Waals surface area contributed by atoms with Crippen LogP contribution in [-0.2, 0) is 11.2 Å². The molecule has 0 fully saturated rings. The first kappa shape index (κ1) is 21.0. The SMILES string of the molecule is CCc1ccccc1NC(=O)COc1cccc(C2C(C#N)=C(N)Oc3n[nH]c(C)c32)c1. The summed E-state index contributed by atoms with van der Waals surface area (Å²) >= 11 is 0. The number of anilines is 1. The molecule has 8 nitrogen and oxygen atoms in total. The molecule has 0 aliphatic carbocycles. The van der Waals surface area contributed by atoms with E-state index in [0.29, 0.717) is 17.2 Å². The lowest BCUT2D eigenvalue weighted by atomic mass is 9.84. The van der Waals surface area contributed by atoms with Gasteiger partial charge in [0.25, 0.3) is 5.91 Å². The van der Waals surface area contributed by atoms with Crippen molar-refractivity contribution in [2.75, 3.05) is 11.9 Å². The number of para-hydroxylation sites is 1. The number of hydrogen-bond acceptors (Lipinski definition) is 6. The van der Waals surface area contributed by atoms with Crippen LogP contribution in [0.2, 0.25) is 0 Å². The molecule has 1 amide bonds. The largest absolute Gasteiger partial charge is 0.484 e. The number of aryl methyl sites for hydroxylation is 2. The minimum Gasteiger partial charge on any atom is -0.484 e. The highest BCUT2D eigenvalue weighted by Crippen LogP contribution is 2.43. The topological polar surface area (TPSA) is 126 Å². The number of nitriles is 1. The third-order valence-corrected chi connectivity index (χ3v) is 5.36. The fourth-order valence-corrected chi connectivity index (χ4v) is 3.80. The molecule has 0 bridgehead atoms. The van der Waals surface area contributed by atoms with Gasteiger partial charge in [0.1, 0.15) is 17.4 Å². The van der Waals surface area contributed by atoms with Crippen LogP contribution in [0.5, 0.6) is 11.6 Å². The van der Waals surface area contributed by atoms with Crippen LogP contribution in [0.4, 0.5) is 5.69 Å². The van der Waals surface area contributed by atoms with E-state index in [-0.39, 0.29) is 18.4 Å². The lowest BCUT2D eigenvalue weighted by Crippen LogP contribution is -2.22. The van der Waals surface area contributed by atoms with E-state index >= 15 is 0 Å². The number of H-pyrrole nitrogens is 1. The zero-order valence-electron chi connectivity index (χ0n) is 17.8. The van der Waals surface area contributed by atoms with Crippen molar-refractivity contribution >= 4 is 11.6 Å². The minimum absolute atomic E-state index is 0.0248. The van der Waals surface area contributed by atoms with Gasteiger partial charge in [-0.2, -0.15) is 5.26 Å². The number of nitrogens with one attached hydrogen (secondary N) is 2. The molecule has 0 saturated carbocycles. The Labute approximate surface area is 185 Å². The Morgan fingerprint density at radius 1 is 1.31 bits per heavy atom. The first-order valence-electron chi connectivity index (χ1n) is 10.2. The number of aromatic nitrogens is 2. The summed E-state index contributed by atoms with van der Waals surface area (Å²) in [6.45, 7) is 3.75. The number of allylic oxidation sites excluding steroid dienone is 1. The van der Waals surface area contributed by atoms with Gasteiger partial charge in [-0.3, -0.25) is 9.89 Å². The molecule has 0 radical (unpaired) electrons. The number of aromatic amines is 1. The monoisotopic (exact) mass is 429 g/mol.